The number of nitrogens with zero attached hydrogens (tertiary/aromatic N) is 4. The number of aryl methyl sites for hydroxylation is 2. The van der Waals surface area contributed by atoms with Crippen molar-refractivity contribution in [2.24, 2.45) is 0 Å². The lowest BCUT2D eigenvalue weighted by Gasteiger charge is -2.19. The van der Waals surface area contributed by atoms with E-state index in [1.165, 1.54) is 0 Å². The number of carbonyl (C=O) groups excluding carboxylic acids is 1. The fraction of sp³-hybridized carbons (Fsp3) is 0.474. The van der Waals surface area contributed by atoms with Crippen molar-refractivity contribution in [2.75, 3.05) is 13.1 Å². The van der Waals surface area contributed by atoms with Gasteiger partial charge in [0.2, 0.25) is 0 Å². The quantitative estimate of drug-likeness (QED) is 0.733. The molecule has 2 N–H and O–H groups in total. The summed E-state index contributed by atoms with van der Waals surface area (Å²) in [6, 6.07) is 1.97. The minimum absolute atomic E-state index is 0.0798. The largest absolute Gasteiger partial charge is 0.349 e. The summed E-state index contributed by atoms with van der Waals surface area (Å²) in [6.07, 6.45) is 6.52. The minimum Gasteiger partial charge on any atom is -0.349 e. The van der Waals surface area contributed by atoms with Gasteiger partial charge in [-0.1, -0.05) is 5.16 Å². The Kier molecular flexibility index (Phi) is 4.89. The van der Waals surface area contributed by atoms with Crippen molar-refractivity contribution >= 4 is 17.0 Å². The molecule has 0 saturated carbocycles. The molecule has 0 radical (unpaired) electrons. The maximum absolute atomic E-state index is 12.9. The molecule has 1 aliphatic heterocycles. The SMILES string of the molecule is Cc1cc(C(=O)NC2CCCN(Cc3cnc[nH]3)CC2)c2c(C)noc2n1. The molecule has 0 spiro atoms. The highest BCUT2D eigenvalue weighted by Gasteiger charge is 2.22. The van der Waals surface area contributed by atoms with Crippen LogP contribution in [0.2, 0.25) is 0 Å². The molecular formula is C19H24N6O2. The van der Waals surface area contributed by atoms with Gasteiger partial charge in [-0.2, -0.15) is 0 Å². The van der Waals surface area contributed by atoms with Crippen LogP contribution in [0, 0.1) is 13.8 Å². The Bertz CT molecular complexity index is 933. The summed E-state index contributed by atoms with van der Waals surface area (Å²) in [5.74, 6) is -0.0798. The third-order valence-corrected chi connectivity index (χ3v) is 5.09. The highest BCUT2D eigenvalue weighted by atomic mass is 16.5. The monoisotopic (exact) mass is 368 g/mol. The second kappa shape index (κ2) is 7.48. The van der Waals surface area contributed by atoms with Crippen LogP contribution >= 0.6 is 0 Å². The topological polar surface area (TPSA) is 99.9 Å². The van der Waals surface area contributed by atoms with Gasteiger partial charge in [0, 0.05) is 36.7 Å². The number of nitrogens with one attached hydrogen (secondary N) is 2. The van der Waals surface area contributed by atoms with Gasteiger partial charge >= 0.3 is 0 Å². The lowest BCUT2D eigenvalue weighted by atomic mass is 10.1. The van der Waals surface area contributed by atoms with Gasteiger partial charge in [-0.15, -0.1) is 0 Å². The number of pyridine rings is 1. The van der Waals surface area contributed by atoms with Gasteiger partial charge in [-0.05, 0) is 45.7 Å². The number of H-pyrrole nitrogens is 1. The molecule has 1 unspecified atom stereocenters. The molecule has 4 rings (SSSR count). The third-order valence-electron chi connectivity index (χ3n) is 5.09. The van der Waals surface area contributed by atoms with E-state index in [2.05, 4.69) is 30.3 Å². The summed E-state index contributed by atoms with van der Waals surface area (Å²) in [5.41, 5.74) is 3.57. The first kappa shape index (κ1) is 17.7. The highest BCUT2D eigenvalue weighted by molar-refractivity contribution is 6.06. The van der Waals surface area contributed by atoms with Gasteiger partial charge in [0.25, 0.3) is 11.6 Å². The zero-order valence-electron chi connectivity index (χ0n) is 15.7. The van der Waals surface area contributed by atoms with Gasteiger partial charge in [0.05, 0.1) is 23.0 Å². The van der Waals surface area contributed by atoms with Gasteiger partial charge < -0.3 is 14.8 Å². The summed E-state index contributed by atoms with van der Waals surface area (Å²) in [6.45, 7) is 6.52. The van der Waals surface area contributed by atoms with E-state index in [-0.39, 0.29) is 11.9 Å². The van der Waals surface area contributed by atoms with Crippen molar-refractivity contribution in [3.05, 3.63) is 41.2 Å². The summed E-state index contributed by atoms with van der Waals surface area (Å²) < 4.78 is 5.24. The Morgan fingerprint density at radius 2 is 2.26 bits per heavy atom. The van der Waals surface area contributed by atoms with E-state index in [1.807, 2.05) is 26.1 Å². The molecule has 1 amide bonds. The second-order valence-electron chi connectivity index (χ2n) is 7.21. The number of likely N-dealkylation sites (tertiary alicyclic amines) is 1. The fourth-order valence-corrected chi connectivity index (χ4v) is 3.73. The molecule has 1 fully saturated rings. The van der Waals surface area contributed by atoms with E-state index < -0.39 is 0 Å². The van der Waals surface area contributed by atoms with Gasteiger partial charge in [-0.25, -0.2) is 9.97 Å². The molecule has 1 atom stereocenters. The van der Waals surface area contributed by atoms with Crippen LogP contribution in [0.25, 0.3) is 11.1 Å². The van der Waals surface area contributed by atoms with E-state index in [0.717, 1.165) is 50.3 Å². The molecule has 8 nitrogen and oxygen atoms in total. The van der Waals surface area contributed by atoms with Crippen LogP contribution in [0.5, 0.6) is 0 Å². The van der Waals surface area contributed by atoms with E-state index >= 15 is 0 Å². The normalized spacial score (nSPS) is 18.5. The van der Waals surface area contributed by atoms with Crippen molar-refractivity contribution in [1.82, 2.24) is 30.3 Å². The molecule has 3 aromatic rings. The molecule has 0 bridgehead atoms. The van der Waals surface area contributed by atoms with Crippen LogP contribution in [0.15, 0.2) is 23.1 Å². The Morgan fingerprint density at radius 1 is 1.37 bits per heavy atom. The van der Waals surface area contributed by atoms with Crippen LogP contribution < -0.4 is 5.32 Å². The van der Waals surface area contributed by atoms with Crippen molar-refractivity contribution in [1.29, 1.82) is 0 Å². The van der Waals surface area contributed by atoms with E-state index in [1.54, 1.807) is 6.33 Å². The van der Waals surface area contributed by atoms with Crippen LogP contribution in [0.1, 0.15) is 46.7 Å². The molecule has 4 heterocycles. The molecule has 27 heavy (non-hydrogen) atoms. The van der Waals surface area contributed by atoms with Crippen molar-refractivity contribution in [2.45, 2.75) is 45.7 Å². The molecule has 0 aromatic carbocycles. The van der Waals surface area contributed by atoms with Gasteiger partial charge in [0.15, 0.2) is 0 Å². The Hall–Kier alpha value is -2.74. The molecule has 1 aliphatic rings. The van der Waals surface area contributed by atoms with Crippen LogP contribution in [-0.4, -0.2) is 50.0 Å². The Balaban J connectivity index is 1.43. The summed E-state index contributed by atoms with van der Waals surface area (Å²) in [4.78, 5) is 26.9. The first-order valence-corrected chi connectivity index (χ1v) is 9.34. The highest BCUT2D eigenvalue weighted by Crippen LogP contribution is 2.22. The smallest absolute Gasteiger partial charge is 0.258 e. The van der Waals surface area contributed by atoms with Crippen molar-refractivity contribution in [3.8, 4) is 0 Å². The maximum atomic E-state index is 12.9. The summed E-state index contributed by atoms with van der Waals surface area (Å²) >= 11 is 0. The Morgan fingerprint density at radius 3 is 3.07 bits per heavy atom. The number of rotatable bonds is 4. The molecule has 3 aromatic heterocycles. The average molecular weight is 368 g/mol. The van der Waals surface area contributed by atoms with Crippen molar-refractivity contribution in [3.63, 3.8) is 0 Å². The standard InChI is InChI=1S/C19H24N6O2/c1-12-8-16(17-13(2)24-27-19(17)22-12)18(26)23-14-4-3-6-25(7-5-14)10-15-9-20-11-21-15/h8-9,11,14H,3-7,10H2,1-2H3,(H,20,21)(H,23,26). The number of aromatic nitrogens is 4. The molecule has 8 heteroatoms. The van der Waals surface area contributed by atoms with Gasteiger partial charge in [-0.3, -0.25) is 9.69 Å². The predicted octanol–water partition coefficient (Wildman–Crippen LogP) is 2.35. The lowest BCUT2D eigenvalue weighted by molar-refractivity contribution is 0.0934. The lowest BCUT2D eigenvalue weighted by Crippen LogP contribution is -2.36. The number of fused-ring (bicyclic) bond motifs is 1. The van der Waals surface area contributed by atoms with E-state index in [0.29, 0.717) is 22.4 Å². The number of imidazole rings is 1. The Labute approximate surface area is 157 Å². The second-order valence-corrected chi connectivity index (χ2v) is 7.21. The first-order chi connectivity index (χ1) is 13.1. The molecule has 1 saturated heterocycles. The molecule has 0 aliphatic carbocycles. The fourth-order valence-electron chi connectivity index (χ4n) is 3.73. The van der Waals surface area contributed by atoms with Crippen molar-refractivity contribution < 1.29 is 9.32 Å². The third kappa shape index (κ3) is 3.85. The van der Waals surface area contributed by atoms with E-state index in [4.69, 9.17) is 4.52 Å². The first-order valence-electron chi connectivity index (χ1n) is 9.34. The number of amides is 1. The molecule has 142 valence electrons. The maximum Gasteiger partial charge on any atom is 0.258 e. The zero-order chi connectivity index (χ0) is 18.8. The van der Waals surface area contributed by atoms with Crippen LogP contribution in [0.4, 0.5) is 0 Å². The minimum atomic E-state index is -0.0798. The van der Waals surface area contributed by atoms with E-state index in [9.17, 15) is 4.79 Å². The summed E-state index contributed by atoms with van der Waals surface area (Å²) in [5, 5.41) is 7.86. The number of hydrogen-bond acceptors (Lipinski definition) is 6. The number of aromatic amines is 1. The van der Waals surface area contributed by atoms with Gasteiger partial charge in [0.1, 0.15) is 0 Å². The number of hydrogen-bond donors (Lipinski definition) is 2. The zero-order valence-corrected chi connectivity index (χ0v) is 15.7. The number of carbonyl (C=O) groups is 1. The molecular weight excluding hydrogens is 344 g/mol. The average Bonchev–Trinajstić information content (AvgIpc) is 3.22. The van der Waals surface area contributed by atoms with Crippen LogP contribution in [-0.2, 0) is 6.54 Å². The van der Waals surface area contributed by atoms with Crippen LogP contribution in [0.3, 0.4) is 0 Å². The summed E-state index contributed by atoms with van der Waals surface area (Å²) in [7, 11) is 0. The predicted molar refractivity (Wildman–Crippen MR) is 100 cm³/mol.